The van der Waals surface area contributed by atoms with E-state index in [2.05, 4.69) is 15.2 Å². The number of nitrogens with zero attached hydrogens (tertiary/aromatic N) is 5. The number of benzene rings is 1. The van der Waals surface area contributed by atoms with Crippen LogP contribution >= 0.6 is 0 Å². The average molecular weight is 571 g/mol. The van der Waals surface area contributed by atoms with E-state index in [1.54, 1.807) is 59.4 Å². The molecule has 2 aromatic heterocycles. The quantitative estimate of drug-likeness (QED) is 0.501. The number of aromatic nitrogens is 2. The zero-order valence-corrected chi connectivity index (χ0v) is 23.6. The van der Waals surface area contributed by atoms with E-state index in [0.717, 1.165) is 24.3 Å². The van der Waals surface area contributed by atoms with Crippen molar-refractivity contribution in [1.29, 1.82) is 0 Å². The van der Waals surface area contributed by atoms with E-state index < -0.39 is 0 Å². The van der Waals surface area contributed by atoms with Crippen molar-refractivity contribution in [3.63, 3.8) is 0 Å². The minimum absolute atomic E-state index is 0.0342. The van der Waals surface area contributed by atoms with Crippen molar-refractivity contribution in [2.75, 3.05) is 56.1 Å². The summed E-state index contributed by atoms with van der Waals surface area (Å²) in [6, 6.07) is 14.2. The van der Waals surface area contributed by atoms with Crippen LogP contribution in [0.25, 0.3) is 0 Å². The van der Waals surface area contributed by atoms with Gasteiger partial charge in [0.1, 0.15) is 0 Å². The molecule has 0 spiro atoms. The summed E-state index contributed by atoms with van der Waals surface area (Å²) < 4.78 is 6.99. The van der Waals surface area contributed by atoms with Crippen molar-refractivity contribution in [2.45, 2.75) is 25.8 Å². The lowest BCUT2D eigenvalue weighted by Crippen LogP contribution is -2.50. The number of piperidine rings is 1. The largest absolute Gasteiger partial charge is 0.450 e. The van der Waals surface area contributed by atoms with Gasteiger partial charge in [0.2, 0.25) is 0 Å². The molecule has 0 radical (unpaired) electrons. The van der Waals surface area contributed by atoms with Gasteiger partial charge in [-0.15, -0.1) is 0 Å². The first-order valence-corrected chi connectivity index (χ1v) is 14.4. The SMILES string of the molecule is CCOC(=O)N1CCN(C(=O)c2ccc(N3CC4CC(C3)c3cccc(=O)n3C4)c(NC(=O)c3ccncc3)c2)CC1. The second kappa shape index (κ2) is 11.7. The predicted molar refractivity (Wildman–Crippen MR) is 157 cm³/mol. The molecule has 0 aliphatic carbocycles. The molecule has 3 aliphatic heterocycles. The first-order valence-electron chi connectivity index (χ1n) is 14.4. The summed E-state index contributed by atoms with van der Waals surface area (Å²) in [7, 11) is 0. The van der Waals surface area contributed by atoms with E-state index in [-0.39, 0.29) is 35.3 Å². The highest BCUT2D eigenvalue weighted by atomic mass is 16.6. The molecule has 2 bridgehead atoms. The summed E-state index contributed by atoms with van der Waals surface area (Å²) in [6.45, 7) is 5.75. The van der Waals surface area contributed by atoms with Gasteiger partial charge in [-0.1, -0.05) is 6.07 Å². The fourth-order valence-corrected chi connectivity index (χ4v) is 6.33. The van der Waals surface area contributed by atoms with Gasteiger partial charge in [-0.05, 0) is 55.7 Å². The van der Waals surface area contributed by atoms with Crippen molar-refractivity contribution in [1.82, 2.24) is 19.4 Å². The van der Waals surface area contributed by atoms with Crippen molar-refractivity contribution in [2.24, 2.45) is 5.92 Å². The van der Waals surface area contributed by atoms with Crippen molar-refractivity contribution in [3.05, 3.63) is 88.1 Å². The van der Waals surface area contributed by atoms with Gasteiger partial charge in [-0.2, -0.15) is 0 Å². The molecule has 11 heteroatoms. The minimum Gasteiger partial charge on any atom is -0.450 e. The highest BCUT2D eigenvalue weighted by molar-refractivity contribution is 6.07. The van der Waals surface area contributed by atoms with Crippen molar-refractivity contribution < 1.29 is 19.1 Å². The maximum atomic E-state index is 13.6. The van der Waals surface area contributed by atoms with Crippen LogP contribution in [0.2, 0.25) is 0 Å². The second-order valence-electron chi connectivity index (χ2n) is 11.0. The van der Waals surface area contributed by atoms with E-state index in [9.17, 15) is 19.2 Å². The monoisotopic (exact) mass is 570 g/mol. The lowest BCUT2D eigenvalue weighted by atomic mass is 9.83. The van der Waals surface area contributed by atoms with Crippen LogP contribution in [0.15, 0.2) is 65.7 Å². The van der Waals surface area contributed by atoms with Crippen LogP contribution < -0.4 is 15.8 Å². The van der Waals surface area contributed by atoms with Gasteiger partial charge in [0.05, 0.1) is 18.0 Å². The van der Waals surface area contributed by atoms with Gasteiger partial charge >= 0.3 is 6.09 Å². The molecular formula is C31H34N6O5. The Balaban J connectivity index is 1.27. The smallest absolute Gasteiger partial charge is 0.409 e. The third kappa shape index (κ3) is 5.46. The molecule has 3 aromatic rings. The zero-order valence-electron chi connectivity index (χ0n) is 23.6. The summed E-state index contributed by atoms with van der Waals surface area (Å²) in [4.78, 5) is 61.0. The highest BCUT2D eigenvalue weighted by Gasteiger charge is 2.35. The normalized spacial score (nSPS) is 19.6. The number of rotatable bonds is 5. The van der Waals surface area contributed by atoms with Crippen molar-refractivity contribution >= 4 is 29.3 Å². The van der Waals surface area contributed by atoms with Gasteiger partial charge in [0.25, 0.3) is 17.4 Å². The molecule has 0 saturated carbocycles. The molecule has 2 unspecified atom stereocenters. The summed E-state index contributed by atoms with van der Waals surface area (Å²) in [5.41, 5.74) is 3.39. The Morgan fingerprint density at radius 2 is 1.69 bits per heavy atom. The highest BCUT2D eigenvalue weighted by Crippen LogP contribution is 2.39. The fraction of sp³-hybridized carbons (Fsp3) is 0.387. The van der Waals surface area contributed by atoms with Crippen LogP contribution in [0.4, 0.5) is 16.2 Å². The Morgan fingerprint density at radius 3 is 2.45 bits per heavy atom. The Kier molecular flexibility index (Phi) is 7.64. The topological polar surface area (TPSA) is 117 Å². The second-order valence-corrected chi connectivity index (χ2v) is 11.0. The minimum atomic E-state index is -0.367. The lowest BCUT2D eigenvalue weighted by molar-refractivity contribution is 0.0570. The third-order valence-electron chi connectivity index (χ3n) is 8.35. The van der Waals surface area contributed by atoms with E-state index in [4.69, 9.17) is 4.74 Å². The number of carbonyl (C=O) groups is 3. The molecule has 218 valence electrons. The number of fused-ring (bicyclic) bond motifs is 4. The molecular weight excluding hydrogens is 536 g/mol. The number of pyridine rings is 2. The Hall–Kier alpha value is -4.67. The number of hydrogen-bond acceptors (Lipinski definition) is 7. The van der Waals surface area contributed by atoms with Gasteiger partial charge in [-0.25, -0.2) is 4.79 Å². The molecule has 5 heterocycles. The summed E-state index contributed by atoms with van der Waals surface area (Å²) in [5, 5.41) is 3.05. The number of hydrogen-bond donors (Lipinski definition) is 1. The molecule has 11 nitrogen and oxygen atoms in total. The van der Waals surface area contributed by atoms with Crippen LogP contribution in [-0.2, 0) is 11.3 Å². The number of nitrogens with one attached hydrogen (secondary N) is 1. The van der Waals surface area contributed by atoms with E-state index in [1.165, 1.54) is 0 Å². The number of carbonyl (C=O) groups excluding carboxylic acids is 3. The van der Waals surface area contributed by atoms with Crippen molar-refractivity contribution in [3.8, 4) is 0 Å². The zero-order chi connectivity index (χ0) is 29.2. The molecule has 1 N–H and O–H groups in total. The van der Waals surface area contributed by atoms with Gasteiger partial charge in [-0.3, -0.25) is 19.4 Å². The summed E-state index contributed by atoms with van der Waals surface area (Å²) in [6.07, 6.45) is 3.77. The molecule has 1 aromatic carbocycles. The Labute approximate surface area is 243 Å². The molecule has 2 atom stereocenters. The van der Waals surface area contributed by atoms with E-state index >= 15 is 0 Å². The van der Waals surface area contributed by atoms with Gasteiger partial charge in [0, 0.05) is 87.0 Å². The standard InChI is InChI=1S/C31H34N6O5/c1-2-42-31(41)35-14-12-34(13-15-35)30(40)23-6-7-27(25(17-23)33-29(39)22-8-10-32-11-9-22)36-18-21-16-24(20-36)26-4-3-5-28(38)37(26)19-21/h3-11,17,21,24H,2,12-16,18-20H2,1H3,(H,33,39). The summed E-state index contributed by atoms with van der Waals surface area (Å²) in [5.74, 6) is 0.0259. The average Bonchev–Trinajstić information content (AvgIpc) is 3.02. The molecule has 2 fully saturated rings. The van der Waals surface area contributed by atoms with Crippen LogP contribution in [0, 0.1) is 5.92 Å². The summed E-state index contributed by atoms with van der Waals surface area (Å²) >= 11 is 0. The van der Waals surface area contributed by atoms with Crippen LogP contribution in [-0.4, -0.2) is 83.1 Å². The maximum absolute atomic E-state index is 13.6. The molecule has 3 amide bonds. The van der Waals surface area contributed by atoms with Crippen LogP contribution in [0.3, 0.4) is 0 Å². The van der Waals surface area contributed by atoms with Crippen LogP contribution in [0.5, 0.6) is 0 Å². The maximum Gasteiger partial charge on any atom is 0.409 e. The predicted octanol–water partition coefficient (Wildman–Crippen LogP) is 3.03. The number of amides is 3. The Morgan fingerprint density at radius 1 is 0.929 bits per heavy atom. The third-order valence-corrected chi connectivity index (χ3v) is 8.35. The first kappa shape index (κ1) is 27.5. The molecule has 42 heavy (non-hydrogen) atoms. The fourth-order valence-electron chi connectivity index (χ4n) is 6.33. The number of anilines is 2. The van der Waals surface area contributed by atoms with Gasteiger partial charge in [0.15, 0.2) is 0 Å². The van der Waals surface area contributed by atoms with Gasteiger partial charge < -0.3 is 29.3 Å². The number of piperazine rings is 1. The van der Waals surface area contributed by atoms with Crippen LogP contribution in [0.1, 0.15) is 45.7 Å². The molecule has 2 saturated heterocycles. The van der Waals surface area contributed by atoms with E-state index in [1.807, 2.05) is 22.8 Å². The first-order chi connectivity index (χ1) is 20.4. The van der Waals surface area contributed by atoms with E-state index in [0.29, 0.717) is 62.7 Å². The Bertz CT molecular complexity index is 1550. The number of ether oxygens (including phenoxy) is 1. The molecule has 6 rings (SSSR count). The lowest BCUT2D eigenvalue weighted by Gasteiger charge is -2.44. The molecule has 3 aliphatic rings.